The first-order valence-corrected chi connectivity index (χ1v) is 9.03. The topological polar surface area (TPSA) is 53.7 Å². The molecule has 0 aromatic carbocycles. The molecule has 0 aliphatic heterocycles. The van der Waals surface area contributed by atoms with Gasteiger partial charge in [0.05, 0.1) is 12.2 Å². The summed E-state index contributed by atoms with van der Waals surface area (Å²) in [5.41, 5.74) is 1.96. The van der Waals surface area contributed by atoms with Crippen molar-refractivity contribution in [2.45, 2.75) is 45.2 Å². The molecule has 1 aliphatic rings. The maximum Gasteiger partial charge on any atom is 0.191 e. The molecule has 0 atom stereocenters. The summed E-state index contributed by atoms with van der Waals surface area (Å²) >= 11 is 3.48. The zero-order valence-electron chi connectivity index (χ0n) is 13.7. The molecule has 1 fully saturated rings. The molecular weight excluding hydrogens is 354 g/mol. The zero-order chi connectivity index (χ0) is 16.2. The number of rotatable bonds is 3. The number of imidazole rings is 1. The molecule has 2 heterocycles. The van der Waals surface area contributed by atoms with Crippen LogP contribution in [0.3, 0.4) is 0 Å². The van der Waals surface area contributed by atoms with E-state index in [0.717, 1.165) is 27.7 Å². The van der Waals surface area contributed by atoms with Gasteiger partial charge in [0, 0.05) is 30.0 Å². The predicted octanol–water partition coefficient (Wildman–Crippen LogP) is 3.34. The first kappa shape index (κ1) is 16.3. The highest BCUT2D eigenvalue weighted by Gasteiger charge is 2.18. The first-order valence-electron chi connectivity index (χ1n) is 8.24. The third-order valence-corrected chi connectivity index (χ3v) is 4.95. The smallest absolute Gasteiger partial charge is 0.191 e. The molecule has 23 heavy (non-hydrogen) atoms. The number of aromatic nitrogens is 2. The molecular formula is C17H24BrN5. The van der Waals surface area contributed by atoms with Crippen LogP contribution >= 0.6 is 15.9 Å². The second-order valence-corrected chi connectivity index (χ2v) is 7.29. The number of nitrogens with zero attached hydrogens (tertiary/aromatic N) is 3. The fraction of sp³-hybridized carbons (Fsp3) is 0.529. The molecule has 124 valence electrons. The van der Waals surface area contributed by atoms with Crippen LogP contribution in [0.4, 0.5) is 0 Å². The Bertz CT molecular complexity index is 685. The van der Waals surface area contributed by atoms with Gasteiger partial charge in [0.15, 0.2) is 5.96 Å². The van der Waals surface area contributed by atoms with Crippen molar-refractivity contribution in [1.29, 1.82) is 0 Å². The number of guanidine groups is 1. The number of nitrogens with one attached hydrogen (secondary N) is 2. The normalized spacial score (nSPS) is 22.3. The molecule has 1 saturated carbocycles. The van der Waals surface area contributed by atoms with E-state index in [9.17, 15) is 0 Å². The Morgan fingerprint density at radius 1 is 1.30 bits per heavy atom. The molecule has 0 saturated heterocycles. The second-order valence-electron chi connectivity index (χ2n) is 6.37. The van der Waals surface area contributed by atoms with Crippen molar-refractivity contribution >= 4 is 27.5 Å². The lowest BCUT2D eigenvalue weighted by Gasteiger charge is -2.28. The van der Waals surface area contributed by atoms with E-state index >= 15 is 0 Å². The molecule has 0 unspecified atom stereocenters. The van der Waals surface area contributed by atoms with Gasteiger partial charge < -0.3 is 15.0 Å². The van der Waals surface area contributed by atoms with E-state index in [2.05, 4.69) is 43.5 Å². The summed E-state index contributed by atoms with van der Waals surface area (Å²) in [4.78, 5) is 8.95. The number of halogens is 1. The van der Waals surface area contributed by atoms with Gasteiger partial charge in [-0.15, -0.1) is 0 Å². The van der Waals surface area contributed by atoms with Crippen molar-refractivity contribution in [3.8, 4) is 0 Å². The summed E-state index contributed by atoms with van der Waals surface area (Å²) in [6, 6.07) is 4.54. The number of hydrogen-bond acceptors (Lipinski definition) is 2. The van der Waals surface area contributed by atoms with Crippen molar-refractivity contribution < 1.29 is 0 Å². The molecule has 1 aliphatic carbocycles. The maximum atomic E-state index is 4.61. The largest absolute Gasteiger partial charge is 0.354 e. The number of hydrogen-bond donors (Lipinski definition) is 2. The minimum atomic E-state index is 0.537. The summed E-state index contributed by atoms with van der Waals surface area (Å²) in [6.45, 7) is 3.01. The Balaban J connectivity index is 1.56. The van der Waals surface area contributed by atoms with Gasteiger partial charge in [0.1, 0.15) is 5.65 Å². The van der Waals surface area contributed by atoms with Crippen LogP contribution in [0, 0.1) is 5.92 Å². The van der Waals surface area contributed by atoms with Crippen LogP contribution in [0.15, 0.2) is 34.0 Å². The average molecular weight is 378 g/mol. The lowest BCUT2D eigenvalue weighted by atomic mass is 9.87. The SMILES string of the molecule is CN=C(NCc1cn2cc(Br)ccc2n1)NC1CCC(C)CC1. The molecule has 5 nitrogen and oxygen atoms in total. The first-order chi connectivity index (χ1) is 11.1. The van der Waals surface area contributed by atoms with E-state index in [1.165, 1.54) is 25.7 Å². The van der Waals surface area contributed by atoms with Crippen molar-refractivity contribution in [2.75, 3.05) is 7.05 Å². The molecule has 0 radical (unpaired) electrons. The van der Waals surface area contributed by atoms with Crippen LogP contribution < -0.4 is 10.6 Å². The highest BCUT2D eigenvalue weighted by Crippen LogP contribution is 2.23. The molecule has 6 heteroatoms. The quantitative estimate of drug-likeness (QED) is 0.636. The van der Waals surface area contributed by atoms with Crippen molar-refractivity contribution in [3.63, 3.8) is 0 Å². The predicted molar refractivity (Wildman–Crippen MR) is 97.6 cm³/mol. The summed E-state index contributed by atoms with van der Waals surface area (Å²) in [6.07, 6.45) is 9.12. The van der Waals surface area contributed by atoms with Crippen molar-refractivity contribution in [1.82, 2.24) is 20.0 Å². The molecule has 0 amide bonds. The Hall–Kier alpha value is -1.56. The van der Waals surface area contributed by atoms with Crippen LogP contribution in [0.1, 0.15) is 38.3 Å². The van der Waals surface area contributed by atoms with Gasteiger partial charge >= 0.3 is 0 Å². The van der Waals surface area contributed by atoms with Gasteiger partial charge in [-0.05, 0) is 59.7 Å². The van der Waals surface area contributed by atoms with Gasteiger partial charge in [-0.2, -0.15) is 0 Å². The molecule has 3 rings (SSSR count). The minimum Gasteiger partial charge on any atom is -0.354 e. The van der Waals surface area contributed by atoms with Gasteiger partial charge in [-0.1, -0.05) is 6.92 Å². The number of aliphatic imine (C=N–C) groups is 1. The van der Waals surface area contributed by atoms with E-state index in [0.29, 0.717) is 12.6 Å². The lowest BCUT2D eigenvalue weighted by molar-refractivity contribution is 0.329. The summed E-state index contributed by atoms with van der Waals surface area (Å²) in [7, 11) is 1.82. The lowest BCUT2D eigenvalue weighted by Crippen LogP contribution is -2.44. The van der Waals surface area contributed by atoms with E-state index in [1.807, 2.05) is 36.0 Å². The van der Waals surface area contributed by atoms with Crippen molar-refractivity contribution in [3.05, 3.63) is 34.7 Å². The van der Waals surface area contributed by atoms with Gasteiger partial charge in [0.25, 0.3) is 0 Å². The van der Waals surface area contributed by atoms with E-state index in [-0.39, 0.29) is 0 Å². The molecule has 2 N–H and O–H groups in total. The Labute approximate surface area is 145 Å². The molecule has 0 bridgehead atoms. The van der Waals surface area contributed by atoms with E-state index in [1.54, 1.807) is 0 Å². The molecule has 2 aromatic rings. The fourth-order valence-electron chi connectivity index (χ4n) is 3.07. The highest BCUT2D eigenvalue weighted by molar-refractivity contribution is 9.10. The number of pyridine rings is 1. The van der Waals surface area contributed by atoms with Gasteiger partial charge in [0.2, 0.25) is 0 Å². The van der Waals surface area contributed by atoms with Crippen molar-refractivity contribution in [2.24, 2.45) is 10.9 Å². The average Bonchev–Trinajstić information content (AvgIpc) is 2.95. The fourth-order valence-corrected chi connectivity index (χ4v) is 3.42. The maximum absolute atomic E-state index is 4.61. The van der Waals surface area contributed by atoms with Crippen LogP contribution in [0.25, 0.3) is 5.65 Å². The Morgan fingerprint density at radius 3 is 2.83 bits per heavy atom. The Morgan fingerprint density at radius 2 is 2.09 bits per heavy atom. The van der Waals surface area contributed by atoms with Crippen LogP contribution in [-0.2, 0) is 6.54 Å². The third kappa shape index (κ3) is 4.25. The summed E-state index contributed by atoms with van der Waals surface area (Å²) in [5, 5.41) is 6.91. The monoisotopic (exact) mass is 377 g/mol. The Kier molecular flexibility index (Phi) is 5.20. The third-order valence-electron chi connectivity index (χ3n) is 4.48. The second kappa shape index (κ2) is 7.34. The molecule has 0 spiro atoms. The summed E-state index contributed by atoms with van der Waals surface area (Å²) in [5.74, 6) is 1.73. The highest BCUT2D eigenvalue weighted by atomic mass is 79.9. The minimum absolute atomic E-state index is 0.537. The summed E-state index contributed by atoms with van der Waals surface area (Å²) < 4.78 is 3.07. The van der Waals surface area contributed by atoms with Crippen LogP contribution in [0.2, 0.25) is 0 Å². The standard InChI is InChI=1S/C17H24BrN5/c1-12-3-6-14(7-4-12)22-17(19-2)20-9-15-11-23-10-13(18)5-8-16(23)21-15/h5,8,10-12,14H,3-4,6-7,9H2,1-2H3,(H2,19,20,22). The van der Waals surface area contributed by atoms with Crippen LogP contribution in [0.5, 0.6) is 0 Å². The van der Waals surface area contributed by atoms with Crippen LogP contribution in [-0.4, -0.2) is 28.4 Å². The van der Waals surface area contributed by atoms with E-state index < -0.39 is 0 Å². The number of fused-ring (bicyclic) bond motifs is 1. The zero-order valence-corrected chi connectivity index (χ0v) is 15.3. The molecule has 2 aromatic heterocycles. The van der Waals surface area contributed by atoms with E-state index in [4.69, 9.17) is 0 Å². The van der Waals surface area contributed by atoms with Gasteiger partial charge in [-0.25, -0.2) is 4.98 Å². The van der Waals surface area contributed by atoms with Gasteiger partial charge in [-0.3, -0.25) is 4.99 Å².